The molecule has 3 N–H and O–H groups in total. The number of carbonyl (C=O) groups is 2. The number of rotatable bonds is 7. The molecule has 1 heterocycles. The van der Waals surface area contributed by atoms with E-state index in [4.69, 9.17) is 0 Å². The van der Waals surface area contributed by atoms with Crippen molar-refractivity contribution in [2.75, 3.05) is 5.32 Å². The molecule has 1 amide bonds. The summed E-state index contributed by atoms with van der Waals surface area (Å²) in [4.78, 5) is 29.8. The Morgan fingerprint density at radius 3 is 2.33 bits per heavy atom. The van der Waals surface area contributed by atoms with Gasteiger partial charge in [-0.25, -0.2) is 22.9 Å². The molecule has 7 nitrogen and oxygen atoms in total. The van der Waals surface area contributed by atoms with Crippen LogP contribution >= 0.6 is 0 Å². The number of aromatic carboxylic acids is 1. The number of hydrogen-bond acceptors (Lipinski definition) is 4. The highest BCUT2D eigenvalue weighted by atomic mass is 19.2. The Bertz CT molecular complexity index is 1530. The maximum absolute atomic E-state index is 14.5. The van der Waals surface area contributed by atoms with E-state index in [0.29, 0.717) is 12.8 Å². The van der Waals surface area contributed by atoms with Crippen LogP contribution in [-0.4, -0.2) is 31.6 Å². The first-order valence-corrected chi connectivity index (χ1v) is 12.7. The molecule has 1 aliphatic rings. The average molecular weight is 538 g/mol. The summed E-state index contributed by atoms with van der Waals surface area (Å²) < 4.78 is 43.7. The molecular formula is C29H26F3N3O4. The summed E-state index contributed by atoms with van der Waals surface area (Å²) in [7, 11) is 0. The number of nitrogens with one attached hydrogen (secondary N) is 1. The van der Waals surface area contributed by atoms with Crippen LogP contribution in [0.5, 0.6) is 0 Å². The summed E-state index contributed by atoms with van der Waals surface area (Å²) in [6.07, 6.45) is 2.60. The molecule has 0 aliphatic heterocycles. The molecule has 1 aromatic heterocycles. The first-order chi connectivity index (χ1) is 18.7. The monoisotopic (exact) mass is 537 g/mol. The van der Waals surface area contributed by atoms with Crippen LogP contribution in [0.3, 0.4) is 0 Å². The van der Waals surface area contributed by atoms with Gasteiger partial charge >= 0.3 is 5.97 Å². The number of amides is 1. The van der Waals surface area contributed by atoms with Gasteiger partial charge in [-0.05, 0) is 54.7 Å². The number of halogens is 3. The Balaban J connectivity index is 1.66. The van der Waals surface area contributed by atoms with Gasteiger partial charge in [0.05, 0.1) is 16.6 Å². The fourth-order valence-electron chi connectivity index (χ4n) is 5.33. The minimum Gasteiger partial charge on any atom is -0.478 e. The van der Waals surface area contributed by atoms with Crippen LogP contribution in [0.15, 0.2) is 60.7 Å². The van der Waals surface area contributed by atoms with E-state index in [-0.39, 0.29) is 39.6 Å². The van der Waals surface area contributed by atoms with Gasteiger partial charge in [0.25, 0.3) is 0 Å². The normalized spacial score (nSPS) is 15.7. The summed E-state index contributed by atoms with van der Waals surface area (Å²) in [5.41, 5.74) is 0.690. The molecule has 5 rings (SSSR count). The van der Waals surface area contributed by atoms with Gasteiger partial charge in [0.2, 0.25) is 5.91 Å². The topological polar surface area (TPSA) is 104 Å². The number of anilines is 1. The predicted octanol–water partition coefficient (Wildman–Crippen LogP) is 5.99. The Morgan fingerprint density at radius 2 is 1.64 bits per heavy atom. The van der Waals surface area contributed by atoms with Crippen molar-refractivity contribution in [2.24, 2.45) is 5.92 Å². The van der Waals surface area contributed by atoms with E-state index >= 15 is 0 Å². The van der Waals surface area contributed by atoms with Gasteiger partial charge in [-0.1, -0.05) is 37.5 Å². The van der Waals surface area contributed by atoms with E-state index in [1.54, 1.807) is 6.07 Å². The average Bonchev–Trinajstić information content (AvgIpc) is 3.27. The second-order valence-electron chi connectivity index (χ2n) is 9.77. The lowest BCUT2D eigenvalue weighted by Gasteiger charge is -2.32. The maximum atomic E-state index is 14.5. The third-order valence-corrected chi connectivity index (χ3v) is 7.21. The molecule has 1 fully saturated rings. The summed E-state index contributed by atoms with van der Waals surface area (Å²) in [6, 6.07) is 11.7. The number of hydrogen-bond donors (Lipinski definition) is 3. The van der Waals surface area contributed by atoms with E-state index in [1.807, 2.05) is 0 Å². The van der Waals surface area contributed by atoms with E-state index in [0.717, 1.165) is 31.4 Å². The number of aliphatic hydroxyl groups is 1. The summed E-state index contributed by atoms with van der Waals surface area (Å²) in [6.45, 7) is 0. The highest BCUT2D eigenvalue weighted by Gasteiger charge is 2.36. The summed E-state index contributed by atoms with van der Waals surface area (Å²) in [5, 5.41) is 23.5. The minimum absolute atomic E-state index is 0.0138. The third kappa shape index (κ3) is 5.37. The Morgan fingerprint density at radius 1 is 0.949 bits per heavy atom. The number of fused-ring (bicyclic) bond motifs is 1. The molecule has 3 aromatic carbocycles. The van der Waals surface area contributed by atoms with Gasteiger partial charge in [-0.3, -0.25) is 4.79 Å². The molecule has 10 heteroatoms. The van der Waals surface area contributed by atoms with Crippen LogP contribution in [0.25, 0.3) is 11.0 Å². The highest BCUT2D eigenvalue weighted by Crippen LogP contribution is 2.39. The molecule has 2 unspecified atom stereocenters. The minimum atomic E-state index is -1.43. The molecule has 2 atom stereocenters. The van der Waals surface area contributed by atoms with E-state index < -0.39 is 41.5 Å². The lowest BCUT2D eigenvalue weighted by Crippen LogP contribution is -2.34. The van der Waals surface area contributed by atoms with Gasteiger partial charge in [0.1, 0.15) is 23.8 Å². The van der Waals surface area contributed by atoms with Gasteiger partial charge in [-0.2, -0.15) is 0 Å². The molecule has 0 bridgehead atoms. The van der Waals surface area contributed by atoms with Crippen molar-refractivity contribution in [2.45, 2.75) is 44.2 Å². The van der Waals surface area contributed by atoms with Crippen molar-refractivity contribution >= 4 is 28.6 Å². The van der Waals surface area contributed by atoms with Gasteiger partial charge in [0, 0.05) is 17.8 Å². The quantitative estimate of drug-likeness (QED) is 0.269. The third-order valence-electron chi connectivity index (χ3n) is 7.21. The van der Waals surface area contributed by atoms with Crippen molar-refractivity contribution in [3.05, 3.63) is 95.1 Å². The van der Waals surface area contributed by atoms with Crippen molar-refractivity contribution in [3.63, 3.8) is 0 Å². The standard InChI is InChI=1S/C29H26F3N3O4/c30-19-11-9-17(10-12-19)26(36)27-34-23-14-21(31)22(32)15-24(23)35(27)25(16-5-2-1-3-6-16)28(37)33-20-8-4-7-18(13-20)29(38)39/h4,7-16,25-26,36H,1-3,5-6H2,(H,33,37)(H,38,39). The first-order valence-electron chi connectivity index (χ1n) is 12.7. The van der Waals surface area contributed by atoms with Gasteiger partial charge < -0.3 is 20.1 Å². The molecule has 39 heavy (non-hydrogen) atoms. The Labute approximate surface area is 221 Å². The summed E-state index contributed by atoms with van der Waals surface area (Å²) in [5.74, 6) is -4.69. The molecule has 1 saturated carbocycles. The van der Waals surface area contributed by atoms with Crippen LogP contribution in [0.2, 0.25) is 0 Å². The van der Waals surface area contributed by atoms with Crippen molar-refractivity contribution in [1.82, 2.24) is 9.55 Å². The molecule has 0 radical (unpaired) electrons. The second-order valence-corrected chi connectivity index (χ2v) is 9.77. The SMILES string of the molecule is O=C(O)c1cccc(NC(=O)C(C2CCCCC2)n2c(C(O)c3ccc(F)cc3)nc3cc(F)c(F)cc32)c1. The number of carboxylic acid groups (broad SMARTS) is 1. The molecule has 0 spiro atoms. The van der Waals surface area contributed by atoms with Crippen molar-refractivity contribution in [3.8, 4) is 0 Å². The molecule has 0 saturated heterocycles. The van der Waals surface area contributed by atoms with Crippen LogP contribution < -0.4 is 5.32 Å². The Kier molecular flexibility index (Phi) is 7.38. The molecule has 1 aliphatic carbocycles. The fraction of sp³-hybridized carbons (Fsp3) is 0.276. The number of aromatic nitrogens is 2. The maximum Gasteiger partial charge on any atom is 0.335 e. The highest BCUT2D eigenvalue weighted by molar-refractivity contribution is 5.97. The van der Waals surface area contributed by atoms with Crippen LogP contribution in [-0.2, 0) is 4.79 Å². The number of nitrogens with zero attached hydrogens (tertiary/aromatic N) is 2. The number of aliphatic hydroxyl groups excluding tert-OH is 1. The first kappa shape index (κ1) is 26.4. The van der Waals surface area contributed by atoms with Crippen LogP contribution in [0, 0.1) is 23.4 Å². The molecule has 202 valence electrons. The number of carbonyl (C=O) groups excluding carboxylic acids is 1. The molecule has 4 aromatic rings. The van der Waals surface area contributed by atoms with Gasteiger partial charge in [0.15, 0.2) is 11.6 Å². The van der Waals surface area contributed by atoms with Crippen LogP contribution in [0.4, 0.5) is 18.9 Å². The number of benzene rings is 3. The summed E-state index contributed by atoms with van der Waals surface area (Å²) >= 11 is 0. The van der Waals surface area contributed by atoms with Crippen LogP contribution in [0.1, 0.15) is 66.0 Å². The lowest BCUT2D eigenvalue weighted by atomic mass is 9.83. The zero-order valence-corrected chi connectivity index (χ0v) is 20.8. The van der Waals surface area contributed by atoms with Crippen molar-refractivity contribution < 1.29 is 33.0 Å². The smallest absolute Gasteiger partial charge is 0.335 e. The predicted molar refractivity (Wildman–Crippen MR) is 138 cm³/mol. The largest absolute Gasteiger partial charge is 0.478 e. The Hall–Kier alpha value is -4.18. The fourth-order valence-corrected chi connectivity index (χ4v) is 5.33. The lowest BCUT2D eigenvalue weighted by molar-refractivity contribution is -0.121. The van der Waals surface area contributed by atoms with E-state index in [9.17, 15) is 33.0 Å². The van der Waals surface area contributed by atoms with E-state index in [1.165, 1.54) is 47.0 Å². The second kappa shape index (κ2) is 10.9. The van der Waals surface area contributed by atoms with E-state index in [2.05, 4.69) is 10.3 Å². The van der Waals surface area contributed by atoms with Gasteiger partial charge in [-0.15, -0.1) is 0 Å². The molecular weight excluding hydrogens is 511 g/mol. The number of carboxylic acids is 1. The zero-order valence-electron chi connectivity index (χ0n) is 20.8. The number of imidazole rings is 1. The van der Waals surface area contributed by atoms with Crippen molar-refractivity contribution in [1.29, 1.82) is 0 Å². The zero-order chi connectivity index (χ0) is 27.7.